The summed E-state index contributed by atoms with van der Waals surface area (Å²) in [5.41, 5.74) is 7.70. The first-order chi connectivity index (χ1) is 5.29. The molecule has 0 unspecified atom stereocenters. The van der Waals surface area contributed by atoms with Crippen LogP contribution in [0.1, 0.15) is 0 Å². The van der Waals surface area contributed by atoms with Gasteiger partial charge >= 0.3 is 74.4 Å². The van der Waals surface area contributed by atoms with Gasteiger partial charge in [0.1, 0.15) is 0 Å². The monoisotopic (exact) mass is 202 g/mol. The van der Waals surface area contributed by atoms with Crippen molar-refractivity contribution in [3.63, 3.8) is 0 Å². The molecule has 0 spiro atoms. The summed E-state index contributed by atoms with van der Waals surface area (Å²) in [5, 5.41) is 1.30. The molecular formula is C8H9GaN2. The molecule has 54 valence electrons. The first-order valence-corrected chi connectivity index (χ1v) is 5.71. The summed E-state index contributed by atoms with van der Waals surface area (Å²) in [6.07, 6.45) is 2.06. The zero-order valence-electron chi connectivity index (χ0n) is 6.39. The van der Waals surface area contributed by atoms with Crippen molar-refractivity contribution in [3.05, 3.63) is 24.4 Å². The predicted octanol–water partition coefficient (Wildman–Crippen LogP) is 0.00850. The Labute approximate surface area is 74.7 Å². The Morgan fingerprint density at radius 1 is 1.36 bits per heavy atom. The number of para-hydroxylation sites is 1. The maximum atomic E-state index is 5.76. The number of aromatic nitrogens is 1. The van der Waals surface area contributed by atoms with Gasteiger partial charge in [-0.15, -0.1) is 0 Å². The molecule has 11 heavy (non-hydrogen) atoms. The van der Waals surface area contributed by atoms with E-state index < -0.39 is 0 Å². The van der Waals surface area contributed by atoms with Crippen molar-refractivity contribution in [2.45, 2.75) is 0 Å². The Balaban J connectivity index is 2.94. The van der Waals surface area contributed by atoms with Gasteiger partial charge in [-0.25, -0.2) is 0 Å². The predicted molar refractivity (Wildman–Crippen MR) is 50.9 cm³/mol. The van der Waals surface area contributed by atoms with Crippen molar-refractivity contribution in [2.24, 2.45) is 0 Å². The van der Waals surface area contributed by atoms with Gasteiger partial charge in [0.15, 0.2) is 0 Å². The van der Waals surface area contributed by atoms with Crippen molar-refractivity contribution < 1.29 is 0 Å². The van der Waals surface area contributed by atoms with Gasteiger partial charge in [-0.3, -0.25) is 0 Å². The van der Waals surface area contributed by atoms with Crippen molar-refractivity contribution >= 4 is 39.3 Å². The molecule has 2 nitrogen and oxygen atoms in total. The molecule has 2 aromatic rings. The summed E-state index contributed by atoms with van der Waals surface area (Å²) in [6, 6.07) is 6.04. The van der Waals surface area contributed by atoms with Gasteiger partial charge < -0.3 is 0 Å². The van der Waals surface area contributed by atoms with Gasteiger partial charge in [0, 0.05) is 0 Å². The van der Waals surface area contributed by atoms with Crippen LogP contribution in [0.5, 0.6) is 0 Å². The Bertz CT molecular complexity index is 392. The van der Waals surface area contributed by atoms with E-state index in [1.54, 1.807) is 0 Å². The number of nitrogens with one attached hydrogen (secondary N) is 1. The molecule has 1 aromatic carbocycles. The number of benzene rings is 1. The van der Waals surface area contributed by atoms with Crippen LogP contribution in [0.2, 0.25) is 0 Å². The van der Waals surface area contributed by atoms with Crippen molar-refractivity contribution in [3.8, 4) is 0 Å². The molecule has 0 fully saturated rings. The Morgan fingerprint density at radius 2 is 2.18 bits per heavy atom. The van der Waals surface area contributed by atoms with E-state index in [0.29, 0.717) is 0 Å². The standard InChI is InChI=1S/C8H7N2.Ga.2H/c9-7-3-1-2-6-4-5-10-8(6)7;;;/h1-3,5,10H,9H2;;;. The zero-order valence-corrected chi connectivity index (χ0v) is 10.6. The van der Waals surface area contributed by atoms with Crippen molar-refractivity contribution in [1.29, 1.82) is 0 Å². The normalized spacial score (nSPS) is 10.5. The molecule has 0 amide bonds. The Morgan fingerprint density at radius 3 is 2.91 bits per heavy atom. The van der Waals surface area contributed by atoms with E-state index in [4.69, 9.17) is 5.73 Å². The third-order valence-corrected chi connectivity index (χ3v) is 3.69. The summed E-state index contributed by atoms with van der Waals surface area (Å²) in [6.45, 7) is 0. The van der Waals surface area contributed by atoms with Crippen LogP contribution >= 0.6 is 0 Å². The molecule has 0 saturated carbocycles. The minimum atomic E-state index is 0.721. The summed E-state index contributed by atoms with van der Waals surface area (Å²) >= 11 is 0.721. The second-order valence-corrected chi connectivity index (χ2v) is 5.00. The van der Waals surface area contributed by atoms with Crippen LogP contribution in [0.3, 0.4) is 0 Å². The molecule has 2 rings (SSSR count). The topological polar surface area (TPSA) is 41.8 Å². The second-order valence-electron chi connectivity index (χ2n) is 2.74. The van der Waals surface area contributed by atoms with Gasteiger partial charge in [0.2, 0.25) is 0 Å². The van der Waals surface area contributed by atoms with Crippen LogP contribution in [0.15, 0.2) is 24.4 Å². The van der Waals surface area contributed by atoms with E-state index in [9.17, 15) is 0 Å². The molecule has 1 heterocycles. The molecule has 0 aliphatic carbocycles. The number of hydrogen-bond acceptors (Lipinski definition) is 1. The first-order valence-electron chi connectivity index (χ1n) is 3.61. The maximum absolute atomic E-state index is 5.76. The van der Waals surface area contributed by atoms with Crippen LogP contribution in [0.25, 0.3) is 10.9 Å². The first kappa shape index (κ1) is 6.88. The Hall–Kier alpha value is -0.804. The summed E-state index contributed by atoms with van der Waals surface area (Å²) in [5.74, 6) is 0. The number of nitrogens with two attached hydrogens (primary N) is 1. The molecule has 0 saturated heterocycles. The molecule has 0 aliphatic heterocycles. The average Bonchev–Trinajstić information content (AvgIpc) is 2.35. The fourth-order valence-electron chi connectivity index (χ4n) is 1.32. The number of hydrogen-bond donors (Lipinski definition) is 2. The Kier molecular flexibility index (Phi) is 1.47. The minimum absolute atomic E-state index is 0.721. The molecule has 0 radical (unpaired) electrons. The van der Waals surface area contributed by atoms with Gasteiger partial charge in [-0.2, -0.15) is 0 Å². The van der Waals surface area contributed by atoms with E-state index in [1.807, 2.05) is 12.1 Å². The van der Waals surface area contributed by atoms with Crippen LogP contribution in [-0.2, 0) is 0 Å². The fraction of sp³-hybridized carbons (Fsp3) is 0. The van der Waals surface area contributed by atoms with Gasteiger partial charge in [0.25, 0.3) is 0 Å². The zero-order chi connectivity index (χ0) is 7.84. The van der Waals surface area contributed by atoms with Crippen LogP contribution < -0.4 is 9.85 Å². The average molecular weight is 203 g/mol. The molecule has 1 aromatic heterocycles. The molecular weight excluding hydrogens is 194 g/mol. The van der Waals surface area contributed by atoms with E-state index in [2.05, 4.69) is 17.2 Å². The summed E-state index contributed by atoms with van der Waals surface area (Å²) in [7, 11) is 0. The molecule has 0 bridgehead atoms. The number of anilines is 1. The van der Waals surface area contributed by atoms with E-state index in [1.165, 1.54) is 9.50 Å². The van der Waals surface area contributed by atoms with E-state index in [0.717, 1.165) is 29.8 Å². The van der Waals surface area contributed by atoms with Crippen LogP contribution in [-0.4, -0.2) is 23.6 Å². The van der Waals surface area contributed by atoms with E-state index >= 15 is 0 Å². The van der Waals surface area contributed by atoms with Gasteiger partial charge in [-0.1, -0.05) is 0 Å². The number of rotatable bonds is 0. The molecule has 0 atom stereocenters. The quantitative estimate of drug-likeness (QED) is 0.459. The fourth-order valence-corrected chi connectivity index (χ4v) is 2.50. The van der Waals surface area contributed by atoms with Crippen molar-refractivity contribution in [2.75, 3.05) is 5.73 Å². The molecule has 3 N–H and O–H groups in total. The summed E-state index contributed by atoms with van der Waals surface area (Å²) in [4.78, 5) is 3.18. The van der Waals surface area contributed by atoms with Crippen LogP contribution in [0.4, 0.5) is 5.69 Å². The molecule has 0 aliphatic rings. The SMILES string of the molecule is Nc1cccc2[c]([GaH2])c[nH]c12. The number of nitrogen functional groups attached to an aromatic ring is 1. The van der Waals surface area contributed by atoms with Crippen molar-refractivity contribution in [1.82, 2.24) is 4.98 Å². The number of fused-ring (bicyclic) bond motifs is 1. The van der Waals surface area contributed by atoms with E-state index in [-0.39, 0.29) is 0 Å². The number of H-pyrrole nitrogens is 1. The number of aromatic amines is 1. The second kappa shape index (κ2) is 2.36. The van der Waals surface area contributed by atoms with Gasteiger partial charge in [0.05, 0.1) is 0 Å². The summed E-state index contributed by atoms with van der Waals surface area (Å²) < 4.78 is 1.43. The third kappa shape index (κ3) is 0.967. The third-order valence-electron chi connectivity index (χ3n) is 1.95. The van der Waals surface area contributed by atoms with Crippen LogP contribution in [0, 0.1) is 0 Å². The molecule has 3 heteroatoms. The van der Waals surface area contributed by atoms with Gasteiger partial charge in [-0.05, 0) is 0 Å².